The highest BCUT2D eigenvalue weighted by Gasteiger charge is 2.18. The summed E-state index contributed by atoms with van der Waals surface area (Å²) in [5.74, 6) is 0.887. The van der Waals surface area contributed by atoms with Gasteiger partial charge in [-0.25, -0.2) is 0 Å². The maximum atomic E-state index is 11.2. The van der Waals surface area contributed by atoms with Gasteiger partial charge in [0.2, 0.25) is 5.91 Å². The second-order valence-electron chi connectivity index (χ2n) is 4.70. The zero-order valence-electron chi connectivity index (χ0n) is 11.1. The van der Waals surface area contributed by atoms with E-state index in [0.717, 1.165) is 17.0 Å². The van der Waals surface area contributed by atoms with E-state index in [4.69, 9.17) is 4.74 Å². The minimum absolute atomic E-state index is 0.0643. The summed E-state index contributed by atoms with van der Waals surface area (Å²) in [6.07, 6.45) is 0.548. The normalized spacial score (nSPS) is 14.2. The number of carbonyl (C=O) groups excluding carboxylic acids is 1. The number of nitrogens with one attached hydrogen (secondary N) is 1. The van der Waals surface area contributed by atoms with Crippen molar-refractivity contribution in [1.29, 1.82) is 0 Å². The molecule has 102 valence electrons. The highest BCUT2D eigenvalue weighted by atomic mass is 16.5. The summed E-state index contributed by atoms with van der Waals surface area (Å²) >= 11 is 0. The smallest absolute Gasteiger partial charge is 0.240 e. The van der Waals surface area contributed by atoms with Gasteiger partial charge in [0.1, 0.15) is 12.4 Å². The Balaban J connectivity index is 1.60. The van der Waals surface area contributed by atoms with Crippen LogP contribution in [0.4, 0.5) is 5.69 Å². The molecule has 3 rings (SSSR count). The van der Waals surface area contributed by atoms with Crippen LogP contribution in [0.5, 0.6) is 5.75 Å². The molecule has 0 aliphatic carbocycles. The van der Waals surface area contributed by atoms with Crippen LogP contribution in [0.1, 0.15) is 12.0 Å². The lowest BCUT2D eigenvalue weighted by molar-refractivity contribution is -0.119. The summed E-state index contributed by atoms with van der Waals surface area (Å²) in [4.78, 5) is 11.2. The van der Waals surface area contributed by atoms with Crippen LogP contribution in [0.3, 0.4) is 0 Å². The molecule has 0 saturated carbocycles. The maximum absolute atomic E-state index is 11.2. The summed E-state index contributed by atoms with van der Waals surface area (Å²) in [5.41, 5.74) is 4.92. The summed E-state index contributed by atoms with van der Waals surface area (Å²) in [7, 11) is 0. The number of benzene rings is 2. The topological polar surface area (TPSA) is 41.6 Å². The Hall–Kier alpha value is -2.49. The lowest BCUT2D eigenvalue weighted by Gasteiger charge is -2.17. The predicted molar refractivity (Wildman–Crippen MR) is 77.3 cm³/mol. The van der Waals surface area contributed by atoms with Gasteiger partial charge in [-0.2, -0.15) is 0 Å². The quantitative estimate of drug-likeness (QED) is 0.926. The summed E-state index contributed by atoms with van der Waals surface area (Å²) in [6.45, 7) is 1.27. The second kappa shape index (κ2) is 5.65. The first-order valence-electron chi connectivity index (χ1n) is 6.65. The standard InChI is InChI=1S/C16H16N2O2/c19-16-10-11-18(17-16)14-6-8-15(9-7-14)20-12-13-4-2-1-3-5-13/h1-9H,10-12H2,(H,17,19). The molecule has 0 atom stereocenters. The summed E-state index contributed by atoms with van der Waals surface area (Å²) < 4.78 is 5.72. The van der Waals surface area contributed by atoms with Crippen molar-refractivity contribution in [1.82, 2.24) is 5.43 Å². The van der Waals surface area contributed by atoms with Gasteiger partial charge < -0.3 is 4.74 Å². The van der Waals surface area contributed by atoms with E-state index in [1.807, 2.05) is 59.6 Å². The number of carbonyl (C=O) groups is 1. The van der Waals surface area contributed by atoms with Gasteiger partial charge in [-0.05, 0) is 29.8 Å². The average molecular weight is 268 g/mol. The lowest BCUT2D eigenvalue weighted by Crippen LogP contribution is -2.32. The number of amides is 1. The first-order valence-corrected chi connectivity index (χ1v) is 6.65. The Morgan fingerprint density at radius 3 is 2.45 bits per heavy atom. The van der Waals surface area contributed by atoms with Crippen molar-refractivity contribution in [2.45, 2.75) is 13.0 Å². The Morgan fingerprint density at radius 2 is 1.80 bits per heavy atom. The van der Waals surface area contributed by atoms with Crippen molar-refractivity contribution in [3.8, 4) is 5.75 Å². The fourth-order valence-electron chi connectivity index (χ4n) is 2.13. The van der Waals surface area contributed by atoms with Crippen LogP contribution < -0.4 is 15.2 Å². The first-order chi connectivity index (χ1) is 9.81. The van der Waals surface area contributed by atoms with Gasteiger partial charge in [0, 0.05) is 13.0 Å². The number of hydrazine groups is 1. The highest BCUT2D eigenvalue weighted by Crippen LogP contribution is 2.21. The third kappa shape index (κ3) is 2.91. The maximum Gasteiger partial charge on any atom is 0.240 e. The number of hydrogen-bond acceptors (Lipinski definition) is 3. The molecule has 0 unspecified atom stereocenters. The third-order valence-corrected chi connectivity index (χ3v) is 3.22. The molecule has 0 radical (unpaired) electrons. The molecule has 1 amide bonds. The van der Waals surface area contributed by atoms with E-state index in [1.165, 1.54) is 0 Å². The van der Waals surface area contributed by atoms with Gasteiger partial charge >= 0.3 is 0 Å². The highest BCUT2D eigenvalue weighted by molar-refractivity contribution is 5.81. The van der Waals surface area contributed by atoms with Crippen molar-refractivity contribution in [2.75, 3.05) is 11.6 Å². The third-order valence-electron chi connectivity index (χ3n) is 3.22. The molecule has 4 nitrogen and oxygen atoms in total. The zero-order valence-corrected chi connectivity index (χ0v) is 11.1. The van der Waals surface area contributed by atoms with Gasteiger partial charge in [-0.1, -0.05) is 30.3 Å². The van der Waals surface area contributed by atoms with Gasteiger partial charge in [0.05, 0.1) is 5.69 Å². The van der Waals surface area contributed by atoms with Gasteiger partial charge in [-0.15, -0.1) is 0 Å². The van der Waals surface area contributed by atoms with E-state index in [0.29, 0.717) is 19.6 Å². The van der Waals surface area contributed by atoms with E-state index in [9.17, 15) is 4.79 Å². The van der Waals surface area contributed by atoms with Crippen molar-refractivity contribution in [3.05, 3.63) is 60.2 Å². The molecule has 0 bridgehead atoms. The molecule has 1 aliphatic rings. The molecule has 1 aliphatic heterocycles. The largest absolute Gasteiger partial charge is 0.489 e. The molecule has 2 aromatic rings. The lowest BCUT2D eigenvalue weighted by atomic mass is 10.2. The van der Waals surface area contributed by atoms with Crippen molar-refractivity contribution in [3.63, 3.8) is 0 Å². The van der Waals surface area contributed by atoms with Gasteiger partial charge in [0.25, 0.3) is 0 Å². The summed E-state index contributed by atoms with van der Waals surface area (Å²) in [6, 6.07) is 17.8. The van der Waals surface area contributed by atoms with Crippen LogP contribution in [0.2, 0.25) is 0 Å². The molecular formula is C16H16N2O2. The number of nitrogens with zero attached hydrogens (tertiary/aromatic N) is 1. The average Bonchev–Trinajstić information content (AvgIpc) is 2.93. The van der Waals surface area contributed by atoms with Crippen molar-refractivity contribution >= 4 is 11.6 Å². The molecular weight excluding hydrogens is 252 g/mol. The predicted octanol–water partition coefficient (Wildman–Crippen LogP) is 2.51. The molecule has 1 heterocycles. The molecule has 0 spiro atoms. The molecule has 1 saturated heterocycles. The second-order valence-corrected chi connectivity index (χ2v) is 4.70. The number of rotatable bonds is 4. The zero-order chi connectivity index (χ0) is 13.8. The molecule has 20 heavy (non-hydrogen) atoms. The molecule has 0 aromatic heterocycles. The van der Waals surface area contributed by atoms with Gasteiger partial charge in [0.15, 0.2) is 0 Å². The first kappa shape index (κ1) is 12.5. The number of hydrogen-bond donors (Lipinski definition) is 1. The monoisotopic (exact) mass is 268 g/mol. The summed E-state index contributed by atoms with van der Waals surface area (Å²) in [5, 5.41) is 1.85. The number of anilines is 1. The van der Waals surface area contributed by atoms with Crippen LogP contribution in [0.25, 0.3) is 0 Å². The fraction of sp³-hybridized carbons (Fsp3) is 0.188. The van der Waals surface area contributed by atoms with Crippen LogP contribution >= 0.6 is 0 Å². The Labute approximate surface area is 117 Å². The van der Waals surface area contributed by atoms with Crippen LogP contribution in [-0.4, -0.2) is 12.5 Å². The SMILES string of the molecule is O=C1CCN(c2ccc(OCc3ccccc3)cc2)N1. The Bertz CT molecular complexity index is 581. The van der Waals surface area contributed by atoms with Crippen LogP contribution in [0.15, 0.2) is 54.6 Å². The van der Waals surface area contributed by atoms with Gasteiger partial charge in [-0.3, -0.25) is 15.2 Å². The molecule has 2 aromatic carbocycles. The van der Waals surface area contributed by atoms with E-state index in [2.05, 4.69) is 5.43 Å². The van der Waals surface area contributed by atoms with Crippen LogP contribution in [0, 0.1) is 0 Å². The van der Waals surface area contributed by atoms with Crippen LogP contribution in [-0.2, 0) is 11.4 Å². The van der Waals surface area contributed by atoms with Crippen molar-refractivity contribution < 1.29 is 9.53 Å². The molecule has 4 heteroatoms. The molecule has 1 N–H and O–H groups in total. The fourth-order valence-corrected chi connectivity index (χ4v) is 2.13. The van der Waals surface area contributed by atoms with E-state index in [1.54, 1.807) is 0 Å². The minimum atomic E-state index is 0.0643. The van der Waals surface area contributed by atoms with E-state index < -0.39 is 0 Å². The minimum Gasteiger partial charge on any atom is -0.489 e. The Kier molecular flexibility index (Phi) is 3.54. The van der Waals surface area contributed by atoms with Crippen molar-refractivity contribution in [2.24, 2.45) is 0 Å². The number of ether oxygens (including phenoxy) is 1. The van der Waals surface area contributed by atoms with E-state index >= 15 is 0 Å². The molecule has 1 fully saturated rings. The Morgan fingerprint density at radius 1 is 1.05 bits per heavy atom. The van der Waals surface area contributed by atoms with E-state index in [-0.39, 0.29) is 5.91 Å².